The van der Waals surface area contributed by atoms with Crippen LogP contribution in [0, 0.1) is 11.8 Å². The second-order valence-electron chi connectivity index (χ2n) is 22.4. The Kier molecular flexibility index (Phi) is 35.5. The summed E-state index contributed by atoms with van der Waals surface area (Å²) < 4.78 is 5.31. The fourth-order valence-electron chi connectivity index (χ4n) is 9.16. The third-order valence-electron chi connectivity index (χ3n) is 14.3. The Morgan fingerprint density at radius 1 is 0.632 bits per heavy atom. The van der Waals surface area contributed by atoms with Gasteiger partial charge in [0.05, 0.1) is 24.2 Å². The van der Waals surface area contributed by atoms with Crippen molar-refractivity contribution in [1.82, 2.24) is 58.5 Å². The molecule has 0 aliphatic carbocycles. The molecule has 30 heteroatoms. The summed E-state index contributed by atoms with van der Waals surface area (Å²) in [7, 11) is 0. The monoisotopic (exact) mass is 1230 g/mol. The first-order valence-electron chi connectivity index (χ1n) is 30.1. The maximum atomic E-state index is 14.6. The highest BCUT2D eigenvalue weighted by molar-refractivity contribution is 5.98. The maximum Gasteiger partial charge on any atom is 0.309 e. The van der Waals surface area contributed by atoms with Crippen molar-refractivity contribution < 1.29 is 67.7 Å². The minimum Gasteiger partial charge on any atom is -0.462 e. The smallest absolute Gasteiger partial charge is 0.309 e. The molecule has 1 saturated heterocycles. The van der Waals surface area contributed by atoms with Gasteiger partial charge in [-0.2, -0.15) is 0 Å². The topological polar surface area (TPSA) is 500 Å². The zero-order valence-corrected chi connectivity index (χ0v) is 51.5. The maximum absolute atomic E-state index is 14.6. The third-order valence-corrected chi connectivity index (χ3v) is 14.3. The van der Waals surface area contributed by atoms with Crippen LogP contribution >= 0.6 is 0 Å². The number of ether oxygens (including phenoxy) is 1. The molecule has 0 aromatic heterocycles. The average Bonchev–Trinajstić information content (AvgIpc) is 3.05. The second kappa shape index (κ2) is 40.5. The van der Waals surface area contributed by atoms with Crippen LogP contribution in [0.25, 0.3) is 0 Å². The van der Waals surface area contributed by atoms with Crippen LogP contribution in [0.5, 0.6) is 0 Å². The normalized spacial score (nSPS) is 23.0. The van der Waals surface area contributed by atoms with E-state index in [1.165, 1.54) is 20.8 Å². The Hall–Kier alpha value is -6.93. The summed E-state index contributed by atoms with van der Waals surface area (Å²) in [6.07, 6.45) is -3.47. The van der Waals surface area contributed by atoms with Crippen molar-refractivity contribution in [3.63, 3.8) is 0 Å². The van der Waals surface area contributed by atoms with Crippen LogP contribution in [0.3, 0.4) is 0 Å². The Morgan fingerprint density at radius 2 is 1.18 bits per heavy atom. The minimum absolute atomic E-state index is 0.00842. The summed E-state index contributed by atoms with van der Waals surface area (Å²) >= 11 is 0. The SMILES string of the molecule is CCC(C)OC(=O)C(C)CC(=O)N[C@@H](CCN)C(=O)N[C@H](C(=O)N[C@@H](CCN)C(=O)N[C@H]1CCNC(=O)[C@H]([C@H](C)O)NC[C@H](CCCN)NC(=O)[C@H](CCN)NC(=O)[C@H](CC(C)C)NC(=O)[C@@H](Cc2ccccc2)NC(=O)[C@H](CCN)NC1=O)C(C)O. The molecule has 1 aromatic carbocycles. The molecular formula is C57H100N16O14. The summed E-state index contributed by atoms with van der Waals surface area (Å²) in [6.45, 7) is 10.4. The van der Waals surface area contributed by atoms with Crippen molar-refractivity contribution in [2.24, 2.45) is 40.5 Å². The molecule has 1 aromatic rings. The molecule has 1 heterocycles. The van der Waals surface area contributed by atoms with Gasteiger partial charge in [-0.05, 0) is 123 Å². The summed E-state index contributed by atoms with van der Waals surface area (Å²) in [4.78, 5) is 153. The van der Waals surface area contributed by atoms with Crippen molar-refractivity contribution in [1.29, 1.82) is 0 Å². The molecular weight excluding hydrogens is 1130 g/mol. The summed E-state index contributed by atoms with van der Waals surface area (Å²) in [5.74, 6) is -10.3. The molecule has 492 valence electrons. The lowest BCUT2D eigenvalue weighted by molar-refractivity contribution is -0.154. The van der Waals surface area contributed by atoms with Gasteiger partial charge in [0, 0.05) is 32.0 Å². The van der Waals surface area contributed by atoms with E-state index in [2.05, 4.69) is 58.5 Å². The molecule has 1 fully saturated rings. The number of nitrogens with two attached hydrogens (primary N) is 5. The lowest BCUT2D eigenvalue weighted by Gasteiger charge is -2.29. The zero-order chi connectivity index (χ0) is 65.3. The molecule has 2 rings (SSSR count). The van der Waals surface area contributed by atoms with Gasteiger partial charge in [-0.3, -0.25) is 52.7 Å². The fraction of sp³-hybridized carbons (Fsp3) is 0.702. The van der Waals surface area contributed by atoms with Gasteiger partial charge in [-0.25, -0.2) is 0 Å². The van der Waals surface area contributed by atoms with E-state index in [1.54, 1.807) is 37.3 Å². The number of hydrogen-bond donors (Lipinski definition) is 18. The number of carbonyl (C=O) groups is 11. The largest absolute Gasteiger partial charge is 0.462 e. The molecule has 30 nitrogen and oxygen atoms in total. The van der Waals surface area contributed by atoms with E-state index in [4.69, 9.17) is 33.4 Å². The summed E-state index contributed by atoms with van der Waals surface area (Å²) in [6, 6.07) is -5.01. The first-order chi connectivity index (χ1) is 41.2. The van der Waals surface area contributed by atoms with E-state index in [1.807, 2.05) is 20.8 Å². The number of amides is 10. The highest BCUT2D eigenvalue weighted by Crippen LogP contribution is 2.13. The molecule has 1 aliphatic rings. The molecule has 14 atom stereocenters. The van der Waals surface area contributed by atoms with Gasteiger partial charge < -0.3 is 102 Å². The number of esters is 1. The van der Waals surface area contributed by atoms with Crippen LogP contribution in [-0.2, 0) is 63.9 Å². The first-order valence-corrected chi connectivity index (χ1v) is 30.1. The summed E-state index contributed by atoms with van der Waals surface area (Å²) in [5, 5.41) is 50.9. The number of carbonyl (C=O) groups excluding carboxylic acids is 11. The van der Waals surface area contributed by atoms with E-state index in [0.29, 0.717) is 24.8 Å². The van der Waals surface area contributed by atoms with Gasteiger partial charge in [0.2, 0.25) is 59.1 Å². The van der Waals surface area contributed by atoms with Crippen LogP contribution < -0.4 is 87.2 Å². The highest BCUT2D eigenvalue weighted by Gasteiger charge is 2.37. The number of aliphatic hydroxyl groups excluding tert-OH is 2. The second-order valence-corrected chi connectivity index (χ2v) is 22.4. The number of aliphatic hydroxyl groups is 2. The van der Waals surface area contributed by atoms with Crippen LogP contribution in [0.2, 0.25) is 0 Å². The predicted octanol–water partition coefficient (Wildman–Crippen LogP) is -5.62. The molecule has 87 heavy (non-hydrogen) atoms. The zero-order valence-electron chi connectivity index (χ0n) is 51.5. The Balaban J connectivity index is 2.66. The molecule has 0 radical (unpaired) electrons. The quantitative estimate of drug-likeness (QED) is 0.0333. The molecule has 1 aliphatic heterocycles. The van der Waals surface area contributed by atoms with E-state index < -0.39 is 150 Å². The number of hydrogen-bond acceptors (Lipinski definition) is 20. The van der Waals surface area contributed by atoms with E-state index >= 15 is 0 Å². The lowest BCUT2D eigenvalue weighted by atomic mass is 10.00. The van der Waals surface area contributed by atoms with Crippen molar-refractivity contribution in [3.05, 3.63) is 35.9 Å². The van der Waals surface area contributed by atoms with Crippen LogP contribution in [0.4, 0.5) is 0 Å². The average molecular weight is 1230 g/mol. The van der Waals surface area contributed by atoms with Crippen molar-refractivity contribution in [2.75, 3.05) is 45.8 Å². The fourth-order valence-corrected chi connectivity index (χ4v) is 9.16. The van der Waals surface area contributed by atoms with Crippen molar-refractivity contribution in [2.45, 2.75) is 198 Å². The predicted molar refractivity (Wildman–Crippen MR) is 322 cm³/mol. The van der Waals surface area contributed by atoms with Gasteiger partial charge in [0.15, 0.2) is 0 Å². The molecule has 10 amide bonds. The molecule has 0 bridgehead atoms. The van der Waals surface area contributed by atoms with Gasteiger partial charge in [-0.15, -0.1) is 0 Å². The van der Waals surface area contributed by atoms with E-state index in [0.717, 1.165) is 0 Å². The number of nitrogens with one attached hydrogen (secondary N) is 11. The summed E-state index contributed by atoms with van der Waals surface area (Å²) in [5.41, 5.74) is 30.0. The first kappa shape index (κ1) is 76.2. The van der Waals surface area contributed by atoms with Crippen LogP contribution in [0.15, 0.2) is 30.3 Å². The Bertz CT molecular complexity index is 2370. The Morgan fingerprint density at radius 3 is 1.74 bits per heavy atom. The molecule has 23 N–H and O–H groups in total. The minimum atomic E-state index is -1.76. The lowest BCUT2D eigenvalue weighted by Crippen LogP contribution is -2.62. The Labute approximate surface area is 509 Å². The van der Waals surface area contributed by atoms with E-state index in [-0.39, 0.29) is 103 Å². The third kappa shape index (κ3) is 27.8. The molecule has 0 spiro atoms. The highest BCUT2D eigenvalue weighted by atomic mass is 16.5. The van der Waals surface area contributed by atoms with Crippen molar-refractivity contribution in [3.8, 4) is 0 Å². The van der Waals surface area contributed by atoms with Crippen molar-refractivity contribution >= 4 is 65.0 Å². The van der Waals surface area contributed by atoms with Gasteiger partial charge in [0.1, 0.15) is 54.4 Å². The van der Waals surface area contributed by atoms with Gasteiger partial charge in [-0.1, -0.05) is 58.0 Å². The van der Waals surface area contributed by atoms with Crippen LogP contribution in [0.1, 0.15) is 118 Å². The number of rotatable bonds is 29. The standard InChI is InChI=1S/C57H100N16O14/c1-8-33(5)87-57(86)32(4)28-45(76)66-38(16-22-59)52(81)73-47(35(7)75)56(85)70-41(19-25-62)49(78)69-42-20-26-63-55(84)46(34(6)74)64-30-37(15-12-21-58)65-48(77)39(17-23-60)68-53(82)43(27-31(2)3)71-54(83)44(29-36-13-10-9-11-14-36)72-50(79)40(18-24-61)67-51(42)80/h9-11,13-14,31-35,37-44,46-47,64,74-75H,8,12,15-30,58-62H2,1-7H3,(H,63,84)(H,65,77)(H,66,76)(H,67,80)(H,68,82)(H,69,78)(H,70,85)(H,71,83)(H,72,79)(H,73,81)/t32?,33?,34-,35?,37-,38-,39-,40-,41-,42-,43-,44+,46-,47-/m0/s1. The van der Waals surface area contributed by atoms with Gasteiger partial charge in [0.25, 0.3) is 0 Å². The van der Waals surface area contributed by atoms with Gasteiger partial charge >= 0.3 is 5.97 Å². The van der Waals surface area contributed by atoms with E-state index in [9.17, 15) is 63.0 Å². The number of benzene rings is 1. The molecule has 3 unspecified atom stereocenters. The molecule has 0 saturated carbocycles. The van der Waals surface area contributed by atoms with Crippen LogP contribution in [-0.4, -0.2) is 200 Å².